The SMILES string of the molecule is CCCN(CCOc1cccc(C)c1)CCC(=O)O. The molecule has 0 spiro atoms. The fourth-order valence-electron chi connectivity index (χ4n) is 1.90. The van der Waals surface area contributed by atoms with E-state index >= 15 is 0 Å². The van der Waals surface area contributed by atoms with Gasteiger partial charge < -0.3 is 9.84 Å². The molecule has 0 aliphatic rings. The van der Waals surface area contributed by atoms with E-state index < -0.39 is 5.97 Å². The first kappa shape index (κ1) is 15.5. The lowest BCUT2D eigenvalue weighted by atomic mass is 10.2. The molecule has 0 atom stereocenters. The number of carbonyl (C=O) groups is 1. The van der Waals surface area contributed by atoms with Crippen LogP contribution in [0.2, 0.25) is 0 Å². The average molecular weight is 265 g/mol. The highest BCUT2D eigenvalue weighted by Crippen LogP contribution is 2.12. The van der Waals surface area contributed by atoms with E-state index in [0.717, 1.165) is 25.3 Å². The maximum Gasteiger partial charge on any atom is 0.304 e. The second-order valence-electron chi connectivity index (χ2n) is 4.65. The Morgan fingerprint density at radius 3 is 2.74 bits per heavy atom. The standard InChI is InChI=1S/C15H23NO3/c1-3-8-16(9-7-15(17)18)10-11-19-14-6-4-5-13(2)12-14/h4-6,12H,3,7-11H2,1-2H3,(H,17,18). The summed E-state index contributed by atoms with van der Waals surface area (Å²) in [5.74, 6) is 0.121. The van der Waals surface area contributed by atoms with Gasteiger partial charge in [-0.25, -0.2) is 0 Å². The monoisotopic (exact) mass is 265 g/mol. The molecule has 106 valence electrons. The lowest BCUT2D eigenvalue weighted by Crippen LogP contribution is -2.31. The smallest absolute Gasteiger partial charge is 0.304 e. The van der Waals surface area contributed by atoms with Crippen molar-refractivity contribution in [2.75, 3.05) is 26.2 Å². The number of aliphatic carboxylic acids is 1. The van der Waals surface area contributed by atoms with Crippen LogP contribution in [-0.2, 0) is 4.79 Å². The van der Waals surface area contributed by atoms with Gasteiger partial charge in [-0.3, -0.25) is 9.69 Å². The van der Waals surface area contributed by atoms with Crippen LogP contribution < -0.4 is 4.74 Å². The highest BCUT2D eigenvalue weighted by Gasteiger charge is 2.06. The maximum absolute atomic E-state index is 10.6. The van der Waals surface area contributed by atoms with Crippen molar-refractivity contribution in [3.63, 3.8) is 0 Å². The number of hydrogen-bond acceptors (Lipinski definition) is 3. The van der Waals surface area contributed by atoms with Crippen LogP contribution in [0.5, 0.6) is 5.75 Å². The molecule has 1 aromatic rings. The van der Waals surface area contributed by atoms with Gasteiger partial charge in [0.25, 0.3) is 0 Å². The number of aryl methyl sites for hydroxylation is 1. The van der Waals surface area contributed by atoms with Crippen molar-refractivity contribution in [2.24, 2.45) is 0 Å². The molecule has 0 aromatic heterocycles. The number of benzene rings is 1. The van der Waals surface area contributed by atoms with Crippen molar-refractivity contribution in [3.8, 4) is 5.75 Å². The molecular weight excluding hydrogens is 242 g/mol. The molecule has 19 heavy (non-hydrogen) atoms. The van der Waals surface area contributed by atoms with Crippen molar-refractivity contribution in [3.05, 3.63) is 29.8 Å². The third kappa shape index (κ3) is 6.82. The molecule has 4 heteroatoms. The van der Waals surface area contributed by atoms with Crippen molar-refractivity contribution < 1.29 is 14.6 Å². The third-order valence-corrected chi connectivity index (χ3v) is 2.85. The molecule has 0 bridgehead atoms. The van der Waals surface area contributed by atoms with Gasteiger partial charge in [0.2, 0.25) is 0 Å². The first-order chi connectivity index (χ1) is 9.11. The summed E-state index contributed by atoms with van der Waals surface area (Å²) in [7, 11) is 0. The number of hydrogen-bond donors (Lipinski definition) is 1. The zero-order valence-electron chi connectivity index (χ0n) is 11.8. The Labute approximate surface area is 115 Å². The van der Waals surface area contributed by atoms with Gasteiger partial charge in [-0.2, -0.15) is 0 Å². The van der Waals surface area contributed by atoms with E-state index in [1.165, 1.54) is 5.56 Å². The van der Waals surface area contributed by atoms with Crippen molar-refractivity contribution >= 4 is 5.97 Å². The zero-order chi connectivity index (χ0) is 14.1. The number of ether oxygens (including phenoxy) is 1. The molecule has 0 unspecified atom stereocenters. The Balaban J connectivity index is 2.32. The van der Waals surface area contributed by atoms with E-state index in [-0.39, 0.29) is 6.42 Å². The first-order valence-electron chi connectivity index (χ1n) is 6.75. The molecule has 0 amide bonds. The Morgan fingerprint density at radius 2 is 2.11 bits per heavy atom. The van der Waals surface area contributed by atoms with Crippen LogP contribution in [0.25, 0.3) is 0 Å². The Kier molecular flexibility index (Phi) is 6.97. The van der Waals surface area contributed by atoms with Gasteiger partial charge in [0.15, 0.2) is 0 Å². The summed E-state index contributed by atoms with van der Waals surface area (Å²) in [6.07, 6.45) is 1.20. The second-order valence-corrected chi connectivity index (χ2v) is 4.65. The van der Waals surface area contributed by atoms with Crippen LogP contribution in [0, 0.1) is 6.92 Å². The van der Waals surface area contributed by atoms with E-state index in [1.54, 1.807) is 0 Å². The Bertz CT molecular complexity index is 393. The Hall–Kier alpha value is -1.55. The van der Waals surface area contributed by atoms with Crippen LogP contribution in [0.15, 0.2) is 24.3 Å². The fourth-order valence-corrected chi connectivity index (χ4v) is 1.90. The number of carboxylic acids is 1. The van der Waals surface area contributed by atoms with E-state index in [2.05, 4.69) is 11.8 Å². The molecule has 0 saturated heterocycles. The zero-order valence-corrected chi connectivity index (χ0v) is 11.8. The largest absolute Gasteiger partial charge is 0.492 e. The summed E-state index contributed by atoms with van der Waals surface area (Å²) >= 11 is 0. The number of nitrogens with zero attached hydrogens (tertiary/aromatic N) is 1. The summed E-state index contributed by atoms with van der Waals surface area (Å²) in [5.41, 5.74) is 1.17. The molecule has 0 radical (unpaired) electrons. The molecule has 0 fully saturated rings. The van der Waals surface area contributed by atoms with Gasteiger partial charge in [0.05, 0.1) is 6.42 Å². The summed E-state index contributed by atoms with van der Waals surface area (Å²) < 4.78 is 5.68. The molecule has 0 aliphatic carbocycles. The van der Waals surface area contributed by atoms with Gasteiger partial charge in [-0.15, -0.1) is 0 Å². The van der Waals surface area contributed by atoms with Crippen LogP contribution in [0.1, 0.15) is 25.3 Å². The quantitative estimate of drug-likeness (QED) is 0.745. The van der Waals surface area contributed by atoms with E-state index in [9.17, 15) is 4.79 Å². The van der Waals surface area contributed by atoms with Gasteiger partial charge in [-0.1, -0.05) is 19.1 Å². The maximum atomic E-state index is 10.6. The fraction of sp³-hybridized carbons (Fsp3) is 0.533. The van der Waals surface area contributed by atoms with Crippen LogP contribution >= 0.6 is 0 Å². The molecule has 1 rings (SSSR count). The predicted molar refractivity (Wildman–Crippen MR) is 75.7 cm³/mol. The van der Waals surface area contributed by atoms with E-state index in [4.69, 9.17) is 9.84 Å². The van der Waals surface area contributed by atoms with E-state index in [1.807, 2.05) is 31.2 Å². The number of carboxylic acid groups (broad SMARTS) is 1. The van der Waals surface area contributed by atoms with Gasteiger partial charge in [0, 0.05) is 13.1 Å². The molecule has 1 aromatic carbocycles. The summed E-state index contributed by atoms with van der Waals surface area (Å²) in [4.78, 5) is 12.7. The van der Waals surface area contributed by atoms with Gasteiger partial charge in [-0.05, 0) is 37.6 Å². The van der Waals surface area contributed by atoms with Crippen LogP contribution in [-0.4, -0.2) is 42.2 Å². The summed E-state index contributed by atoms with van der Waals surface area (Å²) in [5, 5.41) is 8.71. The third-order valence-electron chi connectivity index (χ3n) is 2.85. The highest BCUT2D eigenvalue weighted by atomic mass is 16.5. The molecule has 0 aliphatic heterocycles. The molecular formula is C15H23NO3. The van der Waals surface area contributed by atoms with E-state index in [0.29, 0.717) is 13.2 Å². The molecule has 1 N–H and O–H groups in total. The topological polar surface area (TPSA) is 49.8 Å². The molecule has 0 heterocycles. The van der Waals surface area contributed by atoms with Crippen molar-refractivity contribution in [2.45, 2.75) is 26.7 Å². The van der Waals surface area contributed by atoms with Gasteiger partial charge in [0.1, 0.15) is 12.4 Å². The summed E-state index contributed by atoms with van der Waals surface area (Å²) in [6, 6.07) is 7.94. The molecule has 4 nitrogen and oxygen atoms in total. The van der Waals surface area contributed by atoms with Crippen molar-refractivity contribution in [1.29, 1.82) is 0 Å². The number of rotatable bonds is 9. The lowest BCUT2D eigenvalue weighted by Gasteiger charge is -2.20. The minimum Gasteiger partial charge on any atom is -0.492 e. The normalized spacial score (nSPS) is 10.7. The predicted octanol–water partition coefficient (Wildman–Crippen LogP) is 2.56. The average Bonchev–Trinajstić information content (AvgIpc) is 2.36. The van der Waals surface area contributed by atoms with Gasteiger partial charge >= 0.3 is 5.97 Å². The van der Waals surface area contributed by atoms with Crippen LogP contribution in [0.4, 0.5) is 0 Å². The molecule has 0 saturated carbocycles. The second kappa shape index (κ2) is 8.53. The lowest BCUT2D eigenvalue weighted by molar-refractivity contribution is -0.137. The summed E-state index contributed by atoms with van der Waals surface area (Å²) in [6.45, 7) is 6.96. The highest BCUT2D eigenvalue weighted by molar-refractivity contribution is 5.66. The first-order valence-corrected chi connectivity index (χ1v) is 6.75. The Morgan fingerprint density at radius 1 is 1.32 bits per heavy atom. The van der Waals surface area contributed by atoms with Crippen molar-refractivity contribution in [1.82, 2.24) is 4.90 Å². The minimum absolute atomic E-state index is 0.185. The van der Waals surface area contributed by atoms with Crippen LogP contribution in [0.3, 0.4) is 0 Å². The minimum atomic E-state index is -0.749.